The average molecular weight is 270 g/mol. The van der Waals surface area contributed by atoms with Crippen LogP contribution in [0.4, 0.5) is 0 Å². The van der Waals surface area contributed by atoms with Crippen LogP contribution in [0.3, 0.4) is 0 Å². The molecular formula is C14H20ClNO2. The summed E-state index contributed by atoms with van der Waals surface area (Å²) in [5.74, 6) is 1.77. The Balaban J connectivity index is 2.65. The third-order valence-electron chi connectivity index (χ3n) is 3.11. The molecule has 0 radical (unpaired) electrons. The first-order chi connectivity index (χ1) is 8.52. The summed E-state index contributed by atoms with van der Waals surface area (Å²) in [6.07, 6.45) is 0.871. The normalized spacial score (nSPS) is 16.6. The van der Waals surface area contributed by atoms with Crippen molar-refractivity contribution in [1.29, 1.82) is 0 Å². The zero-order chi connectivity index (χ0) is 13.3. The molecule has 0 saturated carbocycles. The van der Waals surface area contributed by atoms with Gasteiger partial charge in [-0.05, 0) is 24.5 Å². The number of fused-ring (bicyclic) bond motifs is 1. The number of ether oxygens (including phenoxy) is 2. The van der Waals surface area contributed by atoms with Crippen LogP contribution in [0.1, 0.15) is 50.3 Å². The number of hydrogen-bond acceptors (Lipinski definition) is 3. The zero-order valence-electron chi connectivity index (χ0n) is 11.1. The van der Waals surface area contributed by atoms with Crippen LogP contribution in [0.15, 0.2) is 6.07 Å². The molecule has 0 aromatic heterocycles. The van der Waals surface area contributed by atoms with Crippen LogP contribution in [0.25, 0.3) is 0 Å². The van der Waals surface area contributed by atoms with E-state index in [1.54, 1.807) is 0 Å². The lowest BCUT2D eigenvalue weighted by Crippen LogP contribution is -2.11. The lowest BCUT2D eigenvalue weighted by molar-refractivity contribution is 0.295. The molecule has 0 bridgehead atoms. The molecule has 0 spiro atoms. The first kappa shape index (κ1) is 13.5. The predicted octanol–water partition coefficient (Wildman–Crippen LogP) is 3.64. The smallest absolute Gasteiger partial charge is 0.180 e. The van der Waals surface area contributed by atoms with Gasteiger partial charge in [0.25, 0.3) is 0 Å². The van der Waals surface area contributed by atoms with E-state index in [9.17, 15) is 0 Å². The highest BCUT2D eigenvalue weighted by atomic mass is 35.5. The molecule has 2 N–H and O–H groups in total. The molecule has 1 aliphatic rings. The SMILES string of the molecule is CC(C)c1c(C(C)N)cc(Cl)c2c1OCCCO2. The fourth-order valence-corrected chi connectivity index (χ4v) is 2.56. The highest BCUT2D eigenvalue weighted by Crippen LogP contribution is 2.45. The Labute approximate surface area is 113 Å². The quantitative estimate of drug-likeness (QED) is 0.891. The number of halogens is 1. The minimum atomic E-state index is -0.0722. The van der Waals surface area contributed by atoms with Crippen molar-refractivity contribution in [2.45, 2.75) is 39.2 Å². The summed E-state index contributed by atoms with van der Waals surface area (Å²) in [4.78, 5) is 0. The largest absolute Gasteiger partial charge is 0.489 e. The Morgan fingerprint density at radius 1 is 1.17 bits per heavy atom. The Hall–Kier alpha value is -0.930. The molecule has 1 atom stereocenters. The molecule has 1 aromatic carbocycles. The lowest BCUT2D eigenvalue weighted by Gasteiger charge is -2.22. The van der Waals surface area contributed by atoms with Crippen LogP contribution < -0.4 is 15.2 Å². The van der Waals surface area contributed by atoms with Crippen molar-refractivity contribution in [1.82, 2.24) is 0 Å². The molecule has 0 saturated heterocycles. The molecule has 2 rings (SSSR count). The first-order valence-electron chi connectivity index (χ1n) is 6.39. The summed E-state index contributed by atoms with van der Waals surface area (Å²) in [5, 5.41) is 0.587. The Morgan fingerprint density at radius 2 is 1.78 bits per heavy atom. The maximum absolute atomic E-state index is 6.28. The molecule has 4 heteroatoms. The number of nitrogens with two attached hydrogens (primary N) is 1. The fraction of sp³-hybridized carbons (Fsp3) is 0.571. The van der Waals surface area contributed by atoms with Gasteiger partial charge in [0.2, 0.25) is 0 Å². The topological polar surface area (TPSA) is 44.5 Å². The van der Waals surface area contributed by atoms with E-state index in [1.807, 2.05) is 13.0 Å². The summed E-state index contributed by atoms with van der Waals surface area (Å²) in [5.41, 5.74) is 8.20. The Bertz CT molecular complexity index is 444. The van der Waals surface area contributed by atoms with E-state index in [2.05, 4.69) is 13.8 Å². The second-order valence-electron chi connectivity index (χ2n) is 5.01. The summed E-state index contributed by atoms with van der Waals surface area (Å²) < 4.78 is 11.6. The third-order valence-corrected chi connectivity index (χ3v) is 3.39. The molecular weight excluding hydrogens is 250 g/mol. The summed E-state index contributed by atoms with van der Waals surface area (Å²) in [6.45, 7) is 7.52. The monoisotopic (exact) mass is 269 g/mol. The molecule has 1 heterocycles. The Kier molecular flexibility index (Phi) is 4.03. The zero-order valence-corrected chi connectivity index (χ0v) is 11.9. The number of rotatable bonds is 2. The van der Waals surface area contributed by atoms with Crippen LogP contribution in [-0.2, 0) is 0 Å². The van der Waals surface area contributed by atoms with Crippen molar-refractivity contribution in [2.75, 3.05) is 13.2 Å². The molecule has 100 valence electrons. The van der Waals surface area contributed by atoms with E-state index in [0.717, 1.165) is 23.3 Å². The molecule has 0 aliphatic carbocycles. The predicted molar refractivity (Wildman–Crippen MR) is 73.8 cm³/mol. The van der Waals surface area contributed by atoms with Gasteiger partial charge in [-0.2, -0.15) is 0 Å². The highest BCUT2D eigenvalue weighted by molar-refractivity contribution is 6.32. The van der Waals surface area contributed by atoms with E-state index >= 15 is 0 Å². The first-order valence-corrected chi connectivity index (χ1v) is 6.77. The third kappa shape index (κ3) is 2.43. The molecule has 0 amide bonds. The summed E-state index contributed by atoms with van der Waals surface area (Å²) in [6, 6.07) is 1.84. The van der Waals surface area contributed by atoms with Gasteiger partial charge < -0.3 is 15.2 Å². The Morgan fingerprint density at radius 3 is 2.33 bits per heavy atom. The van der Waals surface area contributed by atoms with Crippen molar-refractivity contribution >= 4 is 11.6 Å². The van der Waals surface area contributed by atoms with Crippen LogP contribution in [0.5, 0.6) is 11.5 Å². The summed E-state index contributed by atoms with van der Waals surface area (Å²) >= 11 is 6.28. The van der Waals surface area contributed by atoms with E-state index in [-0.39, 0.29) is 6.04 Å². The highest BCUT2D eigenvalue weighted by Gasteiger charge is 2.24. The van der Waals surface area contributed by atoms with E-state index in [4.69, 9.17) is 26.8 Å². The van der Waals surface area contributed by atoms with Gasteiger partial charge in [-0.1, -0.05) is 25.4 Å². The maximum Gasteiger partial charge on any atom is 0.180 e. The molecule has 0 fully saturated rings. The van der Waals surface area contributed by atoms with Crippen molar-refractivity contribution in [3.63, 3.8) is 0 Å². The van der Waals surface area contributed by atoms with Crippen LogP contribution in [-0.4, -0.2) is 13.2 Å². The minimum Gasteiger partial charge on any atom is -0.489 e. The van der Waals surface area contributed by atoms with E-state index < -0.39 is 0 Å². The molecule has 1 unspecified atom stereocenters. The number of hydrogen-bond donors (Lipinski definition) is 1. The van der Waals surface area contributed by atoms with E-state index in [1.165, 1.54) is 0 Å². The van der Waals surface area contributed by atoms with Gasteiger partial charge in [0, 0.05) is 18.0 Å². The van der Waals surface area contributed by atoms with Gasteiger partial charge in [0.15, 0.2) is 11.5 Å². The fourth-order valence-electron chi connectivity index (χ4n) is 2.30. The van der Waals surface area contributed by atoms with Crippen LogP contribution in [0.2, 0.25) is 5.02 Å². The summed E-state index contributed by atoms with van der Waals surface area (Å²) in [7, 11) is 0. The van der Waals surface area contributed by atoms with Gasteiger partial charge in [-0.15, -0.1) is 0 Å². The maximum atomic E-state index is 6.28. The number of benzene rings is 1. The van der Waals surface area contributed by atoms with Gasteiger partial charge in [0.05, 0.1) is 18.2 Å². The van der Waals surface area contributed by atoms with Crippen LogP contribution in [0, 0.1) is 0 Å². The molecule has 1 aliphatic heterocycles. The standard InChI is InChI=1S/C14H20ClNO2/c1-8(2)12-10(9(3)16)7-11(15)13-14(12)18-6-4-5-17-13/h7-9H,4-6,16H2,1-3H3. The van der Waals surface area contributed by atoms with Crippen LogP contribution >= 0.6 is 11.6 Å². The molecule has 18 heavy (non-hydrogen) atoms. The molecule has 3 nitrogen and oxygen atoms in total. The van der Waals surface area contributed by atoms with Crippen molar-refractivity contribution < 1.29 is 9.47 Å². The lowest BCUT2D eigenvalue weighted by atomic mass is 9.92. The second-order valence-corrected chi connectivity index (χ2v) is 5.42. The van der Waals surface area contributed by atoms with Gasteiger partial charge in [-0.3, -0.25) is 0 Å². The van der Waals surface area contributed by atoms with Gasteiger partial charge in [0.1, 0.15) is 0 Å². The van der Waals surface area contributed by atoms with E-state index in [0.29, 0.717) is 29.9 Å². The van der Waals surface area contributed by atoms with Crippen molar-refractivity contribution in [3.05, 3.63) is 22.2 Å². The minimum absolute atomic E-state index is 0.0722. The van der Waals surface area contributed by atoms with Crippen molar-refractivity contribution in [3.8, 4) is 11.5 Å². The van der Waals surface area contributed by atoms with Gasteiger partial charge >= 0.3 is 0 Å². The average Bonchev–Trinajstić information content (AvgIpc) is 2.53. The van der Waals surface area contributed by atoms with Gasteiger partial charge in [-0.25, -0.2) is 0 Å². The van der Waals surface area contributed by atoms with Crippen molar-refractivity contribution in [2.24, 2.45) is 5.73 Å². The molecule has 1 aromatic rings. The second kappa shape index (κ2) is 5.37.